The van der Waals surface area contributed by atoms with Crippen LogP contribution < -0.4 is 0 Å². The number of rotatable bonds is 21. The van der Waals surface area contributed by atoms with E-state index in [0.29, 0.717) is 25.7 Å². The zero-order chi connectivity index (χ0) is 29.0. The third kappa shape index (κ3) is 9.64. The van der Waals surface area contributed by atoms with Gasteiger partial charge in [0.15, 0.2) is 0 Å². The molecule has 0 saturated carbocycles. The molecule has 0 N–H and O–H groups in total. The molecule has 222 valence electrons. The Labute approximate surface area is 217 Å². The molecule has 0 spiro atoms. The summed E-state index contributed by atoms with van der Waals surface area (Å²) in [6, 6.07) is 0. The van der Waals surface area contributed by atoms with Gasteiger partial charge in [-0.15, -0.1) is 0 Å². The number of hydrogen-bond donors (Lipinski definition) is 0. The van der Waals surface area contributed by atoms with Crippen LogP contribution in [0.5, 0.6) is 0 Å². The van der Waals surface area contributed by atoms with Crippen LogP contribution in [0.1, 0.15) is 104 Å². The normalized spacial score (nSPS) is 13.8. The monoisotopic (exact) mass is 581 g/mol. The van der Waals surface area contributed by atoms with Gasteiger partial charge in [0.1, 0.15) is 0 Å². The van der Waals surface area contributed by atoms with Crippen molar-refractivity contribution in [2.75, 3.05) is 13.1 Å². The van der Waals surface area contributed by atoms with Crippen LogP contribution >= 0.6 is 11.6 Å². The number of nitrogens with zero attached hydrogens (tertiary/aromatic N) is 1. The SMILES string of the molecule is CCCCCCCCCN(CCCCCCCCC)C(=O)C(F)(F)C(F)(F)C(F)(F)C(F)(F)C(F)(F)Cl. The molecule has 0 aromatic heterocycles. The molecule has 13 heteroatoms. The molecule has 0 unspecified atom stereocenters. The molecule has 0 radical (unpaired) electrons. The van der Waals surface area contributed by atoms with Crippen LogP contribution in [0.3, 0.4) is 0 Å². The second kappa shape index (κ2) is 15.6. The van der Waals surface area contributed by atoms with Crippen LogP contribution in [0, 0.1) is 0 Å². The van der Waals surface area contributed by atoms with Crippen molar-refractivity contribution in [2.45, 2.75) is 133 Å². The first kappa shape index (κ1) is 36.1. The fraction of sp³-hybridized carbons (Fsp3) is 0.958. The minimum atomic E-state index is -7.34. The zero-order valence-electron chi connectivity index (χ0n) is 21.3. The maximum atomic E-state index is 14.4. The number of carbonyl (C=O) groups excluding carboxylic acids is 1. The quantitative estimate of drug-likeness (QED) is 0.0750. The summed E-state index contributed by atoms with van der Waals surface area (Å²) in [6.45, 7) is 3.00. The highest BCUT2D eigenvalue weighted by Crippen LogP contribution is 2.58. The van der Waals surface area contributed by atoms with Gasteiger partial charge in [-0.2, -0.15) is 43.9 Å². The first-order valence-corrected chi connectivity index (χ1v) is 13.2. The van der Waals surface area contributed by atoms with Gasteiger partial charge in [-0.1, -0.05) is 90.9 Å². The summed E-state index contributed by atoms with van der Waals surface area (Å²) in [7, 11) is 0. The summed E-state index contributed by atoms with van der Waals surface area (Å²) < 4.78 is 137. The molecule has 2 nitrogen and oxygen atoms in total. The van der Waals surface area contributed by atoms with E-state index in [2.05, 4.69) is 11.6 Å². The molecule has 0 heterocycles. The third-order valence-corrected chi connectivity index (χ3v) is 6.40. The lowest BCUT2D eigenvalue weighted by Crippen LogP contribution is -2.69. The van der Waals surface area contributed by atoms with E-state index in [9.17, 15) is 48.7 Å². The molecule has 0 aromatic carbocycles. The van der Waals surface area contributed by atoms with Crippen LogP contribution in [0.2, 0.25) is 0 Å². The first-order chi connectivity index (χ1) is 16.9. The Morgan fingerprint density at radius 2 is 0.865 bits per heavy atom. The summed E-state index contributed by atoms with van der Waals surface area (Å²) in [5.74, 6) is -30.8. The average molecular weight is 582 g/mol. The Bertz CT molecular complexity index is 638. The fourth-order valence-corrected chi connectivity index (χ4v) is 3.86. The molecular formula is C24H38ClF10NO. The van der Waals surface area contributed by atoms with E-state index in [1.165, 1.54) is 0 Å². The molecule has 0 aromatic rings. The van der Waals surface area contributed by atoms with Gasteiger partial charge in [0.05, 0.1) is 0 Å². The summed E-state index contributed by atoms with van der Waals surface area (Å²) in [6.07, 6.45) is 9.68. The van der Waals surface area contributed by atoms with Crippen molar-refractivity contribution in [2.24, 2.45) is 0 Å². The summed E-state index contributed by atoms with van der Waals surface area (Å²) >= 11 is 3.83. The lowest BCUT2D eigenvalue weighted by molar-refractivity contribution is -0.383. The van der Waals surface area contributed by atoms with E-state index in [1.54, 1.807) is 0 Å². The topological polar surface area (TPSA) is 20.3 Å². The summed E-state index contributed by atoms with van der Waals surface area (Å²) in [5, 5.41) is -6.28. The van der Waals surface area contributed by atoms with Crippen molar-refractivity contribution >= 4 is 17.5 Å². The molecule has 0 aliphatic heterocycles. The molecule has 0 saturated heterocycles. The van der Waals surface area contributed by atoms with Crippen LogP contribution in [-0.2, 0) is 4.79 Å². The Morgan fingerprint density at radius 1 is 0.541 bits per heavy atom. The zero-order valence-corrected chi connectivity index (χ0v) is 22.1. The first-order valence-electron chi connectivity index (χ1n) is 12.8. The fourth-order valence-electron chi connectivity index (χ4n) is 3.74. The van der Waals surface area contributed by atoms with Crippen molar-refractivity contribution in [3.63, 3.8) is 0 Å². The minimum absolute atomic E-state index is 0.0856. The van der Waals surface area contributed by atoms with Gasteiger partial charge in [-0.05, 0) is 24.4 Å². The molecule has 0 aliphatic rings. The molecule has 0 rings (SSSR count). The van der Waals surface area contributed by atoms with Gasteiger partial charge in [-0.3, -0.25) is 4.79 Å². The predicted molar refractivity (Wildman–Crippen MR) is 123 cm³/mol. The number of unbranched alkanes of at least 4 members (excludes halogenated alkanes) is 12. The Hall–Kier alpha value is -0.940. The van der Waals surface area contributed by atoms with Gasteiger partial charge in [-0.25, -0.2) is 0 Å². The van der Waals surface area contributed by atoms with Crippen molar-refractivity contribution in [3.8, 4) is 0 Å². The van der Waals surface area contributed by atoms with Gasteiger partial charge in [0.2, 0.25) is 0 Å². The molecule has 0 aliphatic carbocycles. The number of amides is 1. The Balaban J connectivity index is 5.56. The van der Waals surface area contributed by atoms with Crippen LogP contribution in [-0.4, -0.2) is 53.0 Å². The molecule has 0 bridgehead atoms. The van der Waals surface area contributed by atoms with E-state index in [4.69, 9.17) is 0 Å². The lowest BCUT2D eigenvalue weighted by Gasteiger charge is -2.38. The predicted octanol–water partition coefficient (Wildman–Crippen LogP) is 9.69. The van der Waals surface area contributed by atoms with Crippen molar-refractivity contribution in [1.29, 1.82) is 0 Å². The summed E-state index contributed by atoms with van der Waals surface area (Å²) in [5.41, 5.74) is 0. The van der Waals surface area contributed by atoms with E-state index in [-0.39, 0.29) is 17.7 Å². The number of carbonyl (C=O) groups is 1. The second-order valence-corrected chi connectivity index (χ2v) is 9.80. The van der Waals surface area contributed by atoms with Gasteiger partial charge in [0, 0.05) is 13.1 Å². The lowest BCUT2D eigenvalue weighted by atomic mass is 9.97. The van der Waals surface area contributed by atoms with Crippen molar-refractivity contribution < 1.29 is 48.7 Å². The van der Waals surface area contributed by atoms with Gasteiger partial charge < -0.3 is 4.90 Å². The largest absolute Gasteiger partial charge is 0.393 e. The molecule has 0 fully saturated rings. The smallest absolute Gasteiger partial charge is 0.337 e. The summed E-state index contributed by atoms with van der Waals surface area (Å²) in [4.78, 5) is 12.6. The average Bonchev–Trinajstić information content (AvgIpc) is 2.79. The second-order valence-electron chi connectivity index (χ2n) is 9.33. The Morgan fingerprint density at radius 3 is 1.19 bits per heavy atom. The maximum absolute atomic E-state index is 14.4. The number of halogens is 11. The van der Waals surface area contributed by atoms with Crippen LogP contribution in [0.25, 0.3) is 0 Å². The van der Waals surface area contributed by atoms with E-state index in [0.717, 1.165) is 51.4 Å². The maximum Gasteiger partial charge on any atom is 0.393 e. The van der Waals surface area contributed by atoms with Crippen LogP contribution in [0.15, 0.2) is 0 Å². The molecule has 37 heavy (non-hydrogen) atoms. The van der Waals surface area contributed by atoms with Crippen molar-refractivity contribution in [3.05, 3.63) is 0 Å². The van der Waals surface area contributed by atoms with Crippen molar-refractivity contribution in [1.82, 2.24) is 4.90 Å². The highest BCUT2D eigenvalue weighted by molar-refractivity contribution is 6.22. The molecular weight excluding hydrogens is 544 g/mol. The number of alkyl halides is 11. The molecule has 1 amide bonds. The standard InChI is InChI=1S/C24H38ClF10NO/c1-3-5-7-9-11-13-15-17-36(18-16-14-12-10-8-6-4-2)19(37)20(26,27)21(28,29)22(30,31)23(32,33)24(25,34)35/h3-18H2,1-2H3. The van der Waals surface area contributed by atoms with Gasteiger partial charge >= 0.3 is 29.1 Å². The van der Waals surface area contributed by atoms with E-state index in [1.807, 2.05) is 13.8 Å². The van der Waals surface area contributed by atoms with E-state index >= 15 is 0 Å². The van der Waals surface area contributed by atoms with Gasteiger partial charge in [0.25, 0.3) is 5.91 Å². The molecule has 0 atom stereocenters. The third-order valence-electron chi connectivity index (χ3n) is 6.16. The van der Waals surface area contributed by atoms with Crippen LogP contribution in [0.4, 0.5) is 43.9 Å². The Kier molecular flexibility index (Phi) is 15.2. The van der Waals surface area contributed by atoms with E-state index < -0.39 is 48.1 Å². The highest BCUT2D eigenvalue weighted by Gasteiger charge is 2.87. The highest BCUT2D eigenvalue weighted by atomic mass is 35.5. The number of hydrogen-bond acceptors (Lipinski definition) is 1. The minimum Gasteiger partial charge on any atom is -0.337 e.